The molecule has 130 valence electrons. The zero-order chi connectivity index (χ0) is 17.1. The van der Waals surface area contributed by atoms with E-state index in [9.17, 15) is 9.59 Å². The number of carbonyl (C=O) groups excluding carboxylic acids is 2. The lowest BCUT2D eigenvalue weighted by Gasteiger charge is -2.34. The molecule has 0 aliphatic carbocycles. The second kappa shape index (κ2) is 7.24. The van der Waals surface area contributed by atoms with Gasteiger partial charge in [0.1, 0.15) is 0 Å². The first kappa shape index (κ1) is 16.8. The molecule has 2 saturated heterocycles. The summed E-state index contributed by atoms with van der Waals surface area (Å²) in [5.74, 6) is 0.114. The van der Waals surface area contributed by atoms with Gasteiger partial charge in [-0.15, -0.1) is 0 Å². The maximum atomic E-state index is 12.5. The molecule has 3 amide bonds. The van der Waals surface area contributed by atoms with Crippen LogP contribution in [0, 0.1) is 0 Å². The Bertz CT molecular complexity index is 590. The van der Waals surface area contributed by atoms with Crippen molar-refractivity contribution in [3.63, 3.8) is 0 Å². The third-order valence-electron chi connectivity index (χ3n) is 5.30. The molecule has 1 aromatic rings. The van der Waals surface area contributed by atoms with Gasteiger partial charge in [-0.2, -0.15) is 0 Å². The van der Waals surface area contributed by atoms with Gasteiger partial charge in [0, 0.05) is 25.6 Å². The van der Waals surface area contributed by atoms with E-state index in [2.05, 4.69) is 12.2 Å². The molecule has 1 N–H and O–H groups in total. The highest BCUT2D eigenvalue weighted by Crippen LogP contribution is 2.26. The molecule has 3 atom stereocenters. The normalized spacial score (nSPS) is 25.7. The molecule has 2 heterocycles. The van der Waals surface area contributed by atoms with E-state index < -0.39 is 0 Å². The maximum absolute atomic E-state index is 12.5. The minimum Gasteiger partial charge on any atom is -0.334 e. The van der Waals surface area contributed by atoms with Gasteiger partial charge in [0.05, 0.1) is 12.1 Å². The molecule has 3 unspecified atom stereocenters. The van der Waals surface area contributed by atoms with Gasteiger partial charge in [0.15, 0.2) is 0 Å². The van der Waals surface area contributed by atoms with Crippen LogP contribution in [0.5, 0.6) is 0 Å². The molecule has 1 aromatic carbocycles. The average Bonchev–Trinajstić information content (AvgIpc) is 2.95. The summed E-state index contributed by atoms with van der Waals surface area (Å²) in [6.45, 7) is 5.55. The van der Waals surface area contributed by atoms with Crippen molar-refractivity contribution in [1.82, 2.24) is 15.1 Å². The number of urea groups is 1. The fraction of sp³-hybridized carbons (Fsp3) is 0.579. The summed E-state index contributed by atoms with van der Waals surface area (Å²) < 4.78 is 0. The lowest BCUT2D eigenvalue weighted by atomic mass is 10.0. The third kappa shape index (κ3) is 3.55. The van der Waals surface area contributed by atoms with Crippen LogP contribution in [0.4, 0.5) is 4.79 Å². The van der Waals surface area contributed by atoms with Crippen LogP contribution < -0.4 is 5.32 Å². The van der Waals surface area contributed by atoms with Crippen LogP contribution in [-0.2, 0) is 4.79 Å². The van der Waals surface area contributed by atoms with Gasteiger partial charge in [-0.05, 0) is 38.7 Å². The number of piperidine rings is 1. The number of amides is 3. The van der Waals surface area contributed by atoms with Gasteiger partial charge in [0.25, 0.3) is 0 Å². The predicted molar refractivity (Wildman–Crippen MR) is 93.5 cm³/mol. The van der Waals surface area contributed by atoms with Crippen LogP contribution in [0.2, 0.25) is 0 Å². The van der Waals surface area contributed by atoms with E-state index >= 15 is 0 Å². The Hall–Kier alpha value is -2.04. The van der Waals surface area contributed by atoms with Crippen molar-refractivity contribution in [3.05, 3.63) is 35.9 Å². The second-order valence-corrected chi connectivity index (χ2v) is 7.02. The zero-order valence-corrected chi connectivity index (χ0v) is 14.6. The highest BCUT2D eigenvalue weighted by atomic mass is 16.2. The monoisotopic (exact) mass is 329 g/mol. The number of likely N-dealkylation sites (tertiary alicyclic amines) is 2. The van der Waals surface area contributed by atoms with Crippen LogP contribution in [0.15, 0.2) is 30.3 Å². The van der Waals surface area contributed by atoms with Gasteiger partial charge < -0.3 is 15.1 Å². The molecule has 0 bridgehead atoms. The van der Waals surface area contributed by atoms with E-state index in [-0.39, 0.29) is 30.1 Å². The molecule has 5 nitrogen and oxygen atoms in total. The van der Waals surface area contributed by atoms with Gasteiger partial charge in [-0.25, -0.2) is 4.79 Å². The van der Waals surface area contributed by atoms with Crippen molar-refractivity contribution in [1.29, 1.82) is 0 Å². The lowest BCUT2D eigenvalue weighted by Crippen LogP contribution is -2.50. The Labute approximate surface area is 144 Å². The topological polar surface area (TPSA) is 52.7 Å². The van der Waals surface area contributed by atoms with E-state index in [1.165, 1.54) is 6.42 Å². The molecule has 2 aliphatic heterocycles. The quantitative estimate of drug-likeness (QED) is 0.927. The third-order valence-corrected chi connectivity index (χ3v) is 5.30. The molecule has 0 saturated carbocycles. The maximum Gasteiger partial charge on any atom is 0.317 e. The first-order valence-corrected chi connectivity index (χ1v) is 8.98. The van der Waals surface area contributed by atoms with Crippen LogP contribution >= 0.6 is 0 Å². The minimum atomic E-state index is -0.0923. The Morgan fingerprint density at radius 3 is 2.71 bits per heavy atom. The highest BCUT2D eigenvalue weighted by Gasteiger charge is 2.35. The van der Waals surface area contributed by atoms with Crippen LogP contribution in [0.3, 0.4) is 0 Å². The molecular formula is C19H27N3O2. The SMILES string of the molecule is CC1CCCCN1C(=O)NC1CC(=O)N(C(C)c2ccccc2)C1. The molecule has 0 radical (unpaired) electrons. The Kier molecular flexibility index (Phi) is 5.07. The van der Waals surface area contributed by atoms with Crippen LogP contribution in [-0.4, -0.2) is 46.9 Å². The van der Waals surface area contributed by atoms with Gasteiger partial charge in [-0.3, -0.25) is 4.79 Å². The molecule has 2 aliphatic rings. The second-order valence-electron chi connectivity index (χ2n) is 7.02. The van der Waals surface area contributed by atoms with E-state index in [0.29, 0.717) is 13.0 Å². The van der Waals surface area contributed by atoms with E-state index in [1.54, 1.807) is 0 Å². The summed E-state index contributed by atoms with van der Waals surface area (Å²) in [5.41, 5.74) is 1.13. The Morgan fingerprint density at radius 2 is 2.00 bits per heavy atom. The van der Waals surface area contributed by atoms with Crippen molar-refractivity contribution in [2.75, 3.05) is 13.1 Å². The summed E-state index contributed by atoms with van der Waals surface area (Å²) in [6.07, 6.45) is 3.72. The van der Waals surface area contributed by atoms with Crippen molar-refractivity contribution in [3.8, 4) is 0 Å². The van der Waals surface area contributed by atoms with E-state index in [4.69, 9.17) is 0 Å². The first-order valence-electron chi connectivity index (χ1n) is 8.98. The highest BCUT2D eigenvalue weighted by molar-refractivity contribution is 5.82. The molecule has 0 spiro atoms. The number of carbonyl (C=O) groups is 2. The summed E-state index contributed by atoms with van der Waals surface area (Å²) in [7, 11) is 0. The summed E-state index contributed by atoms with van der Waals surface area (Å²) in [4.78, 5) is 28.7. The number of nitrogens with one attached hydrogen (secondary N) is 1. The van der Waals surface area contributed by atoms with E-state index in [0.717, 1.165) is 24.9 Å². The Morgan fingerprint density at radius 1 is 1.25 bits per heavy atom. The molecule has 0 aromatic heterocycles. The number of hydrogen-bond donors (Lipinski definition) is 1. The van der Waals surface area contributed by atoms with Gasteiger partial charge in [-0.1, -0.05) is 30.3 Å². The molecule has 2 fully saturated rings. The summed E-state index contributed by atoms with van der Waals surface area (Å²) >= 11 is 0. The zero-order valence-electron chi connectivity index (χ0n) is 14.6. The first-order chi connectivity index (χ1) is 11.6. The van der Waals surface area contributed by atoms with Crippen molar-refractivity contribution >= 4 is 11.9 Å². The summed E-state index contributed by atoms with van der Waals surface area (Å²) in [6, 6.07) is 10.3. The average molecular weight is 329 g/mol. The van der Waals surface area contributed by atoms with Crippen LogP contribution in [0.1, 0.15) is 51.1 Å². The van der Waals surface area contributed by atoms with Crippen molar-refractivity contribution in [2.24, 2.45) is 0 Å². The number of nitrogens with zero attached hydrogens (tertiary/aromatic N) is 2. The summed E-state index contributed by atoms with van der Waals surface area (Å²) in [5, 5.41) is 3.07. The minimum absolute atomic E-state index is 0.0192. The van der Waals surface area contributed by atoms with Crippen molar-refractivity contribution < 1.29 is 9.59 Å². The largest absolute Gasteiger partial charge is 0.334 e. The molecular weight excluding hydrogens is 302 g/mol. The van der Waals surface area contributed by atoms with Crippen molar-refractivity contribution in [2.45, 2.75) is 57.7 Å². The predicted octanol–water partition coefficient (Wildman–Crippen LogP) is 2.93. The van der Waals surface area contributed by atoms with Gasteiger partial charge >= 0.3 is 6.03 Å². The molecule has 3 rings (SSSR count). The molecule has 5 heteroatoms. The number of rotatable bonds is 3. The smallest absolute Gasteiger partial charge is 0.317 e. The fourth-order valence-electron chi connectivity index (χ4n) is 3.77. The standard InChI is InChI=1S/C19H27N3O2/c1-14-8-6-7-11-21(14)19(24)20-17-12-18(23)22(13-17)15(2)16-9-4-3-5-10-16/h3-5,9-10,14-15,17H,6-8,11-13H2,1-2H3,(H,20,24). The Balaban J connectivity index is 1.59. The van der Waals surface area contributed by atoms with Gasteiger partial charge in [0.2, 0.25) is 5.91 Å². The molecule has 24 heavy (non-hydrogen) atoms. The number of benzene rings is 1. The van der Waals surface area contributed by atoms with Crippen LogP contribution in [0.25, 0.3) is 0 Å². The lowest BCUT2D eigenvalue weighted by molar-refractivity contribution is -0.129. The fourth-order valence-corrected chi connectivity index (χ4v) is 3.77. The number of hydrogen-bond acceptors (Lipinski definition) is 2. The van der Waals surface area contributed by atoms with E-state index in [1.807, 2.05) is 47.1 Å².